The first kappa shape index (κ1) is 12.9. The summed E-state index contributed by atoms with van der Waals surface area (Å²) in [7, 11) is -4.26. The topological polar surface area (TPSA) is 110 Å². The zero-order valence-corrected chi connectivity index (χ0v) is 9.42. The van der Waals surface area contributed by atoms with E-state index >= 15 is 0 Å². The van der Waals surface area contributed by atoms with Crippen molar-refractivity contribution in [2.45, 2.75) is 13.0 Å². The maximum atomic E-state index is 11.1. The van der Waals surface area contributed by atoms with Gasteiger partial charge in [0, 0.05) is 0 Å². The smallest absolute Gasteiger partial charge is 0.356 e. The standard InChI is InChI=1S/C9H12NO5P/c1-6(10)9(11)15-7-2-4-8(5-3-7)16(12,13)14/h2-6H,10H2,1H3,(H2,12,13,14)/t6-/m0/s1. The van der Waals surface area contributed by atoms with E-state index in [9.17, 15) is 9.36 Å². The van der Waals surface area contributed by atoms with Gasteiger partial charge in [-0.15, -0.1) is 0 Å². The predicted molar refractivity (Wildman–Crippen MR) is 57.4 cm³/mol. The summed E-state index contributed by atoms with van der Waals surface area (Å²) >= 11 is 0. The summed E-state index contributed by atoms with van der Waals surface area (Å²) in [5.41, 5.74) is 5.28. The predicted octanol–water partition coefficient (Wildman–Crippen LogP) is -0.258. The maximum Gasteiger partial charge on any atom is 0.356 e. The molecule has 1 aromatic carbocycles. The van der Waals surface area contributed by atoms with Gasteiger partial charge in [-0.25, -0.2) is 4.79 Å². The van der Waals surface area contributed by atoms with Gasteiger partial charge in [-0.3, -0.25) is 4.57 Å². The molecule has 6 nitrogen and oxygen atoms in total. The zero-order chi connectivity index (χ0) is 12.3. The molecule has 7 heteroatoms. The van der Waals surface area contributed by atoms with Crippen LogP contribution in [0.1, 0.15) is 6.92 Å². The molecule has 1 atom stereocenters. The summed E-state index contributed by atoms with van der Waals surface area (Å²) < 4.78 is 15.7. The second kappa shape index (κ2) is 4.76. The lowest BCUT2D eigenvalue weighted by molar-refractivity contribution is -0.135. The third kappa shape index (κ3) is 3.43. The molecule has 0 bridgehead atoms. The van der Waals surface area contributed by atoms with Crippen LogP contribution < -0.4 is 15.8 Å². The highest BCUT2D eigenvalue weighted by molar-refractivity contribution is 7.60. The van der Waals surface area contributed by atoms with Crippen LogP contribution in [0.3, 0.4) is 0 Å². The minimum Gasteiger partial charge on any atom is -0.425 e. The SMILES string of the molecule is C[C@H](N)C(=O)Oc1ccc(P(=O)(O)O)cc1. The van der Waals surface area contributed by atoms with Gasteiger partial charge in [0.1, 0.15) is 11.8 Å². The normalized spacial score (nSPS) is 13.2. The second-order valence-corrected chi connectivity index (χ2v) is 4.85. The van der Waals surface area contributed by atoms with Gasteiger partial charge in [0.25, 0.3) is 0 Å². The van der Waals surface area contributed by atoms with Crippen molar-refractivity contribution in [3.63, 3.8) is 0 Å². The van der Waals surface area contributed by atoms with Gasteiger partial charge in [-0.2, -0.15) is 0 Å². The summed E-state index contributed by atoms with van der Waals surface area (Å²) in [4.78, 5) is 28.8. The number of ether oxygens (including phenoxy) is 1. The maximum absolute atomic E-state index is 11.1. The van der Waals surface area contributed by atoms with Crippen molar-refractivity contribution in [1.29, 1.82) is 0 Å². The Hall–Kier alpha value is -1.20. The van der Waals surface area contributed by atoms with Gasteiger partial charge in [0.05, 0.1) is 5.30 Å². The van der Waals surface area contributed by atoms with Crippen LogP contribution in [0, 0.1) is 0 Å². The van der Waals surface area contributed by atoms with Crippen molar-refractivity contribution >= 4 is 18.9 Å². The van der Waals surface area contributed by atoms with E-state index in [-0.39, 0.29) is 11.1 Å². The Balaban J connectivity index is 2.80. The van der Waals surface area contributed by atoms with Gasteiger partial charge in [0.2, 0.25) is 0 Å². The number of carbonyl (C=O) groups excluding carboxylic acids is 1. The number of carbonyl (C=O) groups is 1. The van der Waals surface area contributed by atoms with Crippen molar-refractivity contribution in [2.75, 3.05) is 0 Å². The summed E-state index contributed by atoms with van der Waals surface area (Å²) in [6.45, 7) is 1.48. The Morgan fingerprint density at radius 3 is 2.25 bits per heavy atom. The van der Waals surface area contributed by atoms with Crippen molar-refractivity contribution in [3.05, 3.63) is 24.3 Å². The van der Waals surface area contributed by atoms with E-state index in [0.717, 1.165) is 0 Å². The molecule has 16 heavy (non-hydrogen) atoms. The molecular weight excluding hydrogens is 233 g/mol. The molecule has 0 aliphatic rings. The number of hydrogen-bond donors (Lipinski definition) is 3. The first-order valence-corrected chi connectivity index (χ1v) is 6.05. The third-order valence-corrected chi connectivity index (χ3v) is 2.73. The molecule has 0 aromatic heterocycles. The monoisotopic (exact) mass is 245 g/mol. The van der Waals surface area contributed by atoms with Crippen LogP contribution in [-0.4, -0.2) is 21.8 Å². The number of esters is 1. The van der Waals surface area contributed by atoms with E-state index in [2.05, 4.69) is 0 Å². The first-order chi connectivity index (χ1) is 7.30. The quantitative estimate of drug-likeness (QED) is 0.384. The molecular formula is C9H12NO5P. The fourth-order valence-electron chi connectivity index (χ4n) is 0.917. The molecule has 1 aromatic rings. The molecule has 88 valence electrons. The number of nitrogens with two attached hydrogens (primary N) is 1. The van der Waals surface area contributed by atoms with Gasteiger partial charge in [-0.05, 0) is 31.2 Å². The van der Waals surface area contributed by atoms with E-state index in [0.29, 0.717) is 0 Å². The van der Waals surface area contributed by atoms with Gasteiger partial charge in [-0.1, -0.05) is 0 Å². The van der Waals surface area contributed by atoms with Gasteiger partial charge < -0.3 is 20.3 Å². The molecule has 0 saturated carbocycles. The molecule has 0 aliphatic carbocycles. The fraction of sp³-hybridized carbons (Fsp3) is 0.222. The fourth-order valence-corrected chi connectivity index (χ4v) is 1.45. The lowest BCUT2D eigenvalue weighted by Gasteiger charge is -2.08. The average Bonchev–Trinajstić information content (AvgIpc) is 2.17. The Morgan fingerprint density at radius 2 is 1.88 bits per heavy atom. The van der Waals surface area contributed by atoms with E-state index in [4.69, 9.17) is 20.3 Å². The Bertz CT molecular complexity index is 422. The van der Waals surface area contributed by atoms with Crippen molar-refractivity contribution in [2.24, 2.45) is 5.73 Å². The number of rotatable bonds is 3. The van der Waals surface area contributed by atoms with Crippen molar-refractivity contribution in [3.8, 4) is 5.75 Å². The molecule has 0 heterocycles. The van der Waals surface area contributed by atoms with E-state index < -0.39 is 19.6 Å². The number of benzene rings is 1. The number of hydrogen-bond acceptors (Lipinski definition) is 4. The molecule has 4 N–H and O–H groups in total. The van der Waals surface area contributed by atoms with Crippen LogP contribution in [0.4, 0.5) is 0 Å². The molecule has 0 spiro atoms. The molecule has 0 fully saturated rings. The third-order valence-electron chi connectivity index (χ3n) is 1.76. The molecule has 0 radical (unpaired) electrons. The van der Waals surface area contributed by atoms with Crippen LogP contribution in [0.15, 0.2) is 24.3 Å². The van der Waals surface area contributed by atoms with E-state index in [1.54, 1.807) is 0 Å². The van der Waals surface area contributed by atoms with Crippen molar-refractivity contribution < 1.29 is 23.9 Å². The molecule has 0 saturated heterocycles. The van der Waals surface area contributed by atoms with E-state index in [1.165, 1.54) is 31.2 Å². The minimum atomic E-state index is -4.26. The lowest BCUT2D eigenvalue weighted by Crippen LogP contribution is -2.30. The van der Waals surface area contributed by atoms with Gasteiger partial charge in [0.15, 0.2) is 0 Å². The summed E-state index contributed by atoms with van der Waals surface area (Å²) in [6, 6.07) is 4.25. The van der Waals surface area contributed by atoms with Crippen LogP contribution in [0.2, 0.25) is 0 Å². The minimum absolute atomic E-state index is 0.131. The first-order valence-electron chi connectivity index (χ1n) is 4.44. The van der Waals surface area contributed by atoms with Crippen molar-refractivity contribution in [1.82, 2.24) is 0 Å². The summed E-state index contributed by atoms with van der Waals surface area (Å²) in [6.07, 6.45) is 0. The highest BCUT2D eigenvalue weighted by Crippen LogP contribution is 2.33. The Kier molecular flexibility index (Phi) is 3.83. The van der Waals surface area contributed by atoms with Crippen LogP contribution in [-0.2, 0) is 9.36 Å². The highest BCUT2D eigenvalue weighted by Gasteiger charge is 2.17. The van der Waals surface area contributed by atoms with Gasteiger partial charge >= 0.3 is 13.6 Å². The van der Waals surface area contributed by atoms with Crippen LogP contribution in [0.5, 0.6) is 5.75 Å². The molecule has 0 amide bonds. The van der Waals surface area contributed by atoms with E-state index in [1.807, 2.05) is 0 Å². The zero-order valence-electron chi connectivity index (χ0n) is 8.53. The highest BCUT2D eigenvalue weighted by atomic mass is 31.2. The molecule has 0 aliphatic heterocycles. The summed E-state index contributed by atoms with van der Waals surface area (Å²) in [5.74, 6) is -0.413. The largest absolute Gasteiger partial charge is 0.425 e. The van der Waals surface area contributed by atoms with Crippen LogP contribution in [0.25, 0.3) is 0 Å². The Labute approximate surface area is 92.2 Å². The van der Waals surface area contributed by atoms with Crippen LogP contribution >= 0.6 is 7.60 Å². The average molecular weight is 245 g/mol. The second-order valence-electron chi connectivity index (χ2n) is 3.25. The molecule has 1 rings (SSSR count). The molecule has 0 unspecified atom stereocenters. The Morgan fingerprint density at radius 1 is 1.38 bits per heavy atom. The lowest BCUT2D eigenvalue weighted by atomic mass is 10.3. The summed E-state index contributed by atoms with van der Waals surface area (Å²) in [5, 5.41) is -0.131.